The van der Waals surface area contributed by atoms with Crippen molar-refractivity contribution in [2.45, 2.75) is 128 Å². The Morgan fingerprint density at radius 2 is 1.77 bits per heavy atom. The molecule has 1 aliphatic heterocycles. The van der Waals surface area contributed by atoms with Crippen LogP contribution in [0.5, 0.6) is 0 Å². The number of hydrogen-bond acceptors (Lipinski definition) is 7. The number of methoxy groups -OCH3 is 1. The van der Waals surface area contributed by atoms with Crippen LogP contribution >= 0.6 is 0 Å². The average Bonchev–Trinajstić information content (AvgIpc) is 3.10. The third-order valence-corrected chi connectivity index (χ3v) is 11.3. The maximum absolute atomic E-state index is 11.5. The van der Waals surface area contributed by atoms with Gasteiger partial charge in [0.2, 0.25) is 0 Å². The summed E-state index contributed by atoms with van der Waals surface area (Å²) in [4.78, 5) is 0. The van der Waals surface area contributed by atoms with E-state index in [9.17, 15) is 20.4 Å². The van der Waals surface area contributed by atoms with Gasteiger partial charge in [-0.1, -0.05) is 25.5 Å². The highest BCUT2D eigenvalue weighted by atomic mass is 16.7. The predicted octanol–water partition coefficient (Wildman–Crippen LogP) is 2.93. The highest BCUT2D eigenvalue weighted by Gasteiger charge is 2.65. The van der Waals surface area contributed by atoms with E-state index in [1.807, 2.05) is 0 Å². The maximum Gasteiger partial charge on any atom is 0.186 e. The Bertz CT molecular complexity index is 830. The van der Waals surface area contributed by atoms with E-state index in [0.29, 0.717) is 24.2 Å². The normalized spacial score (nSPS) is 54.9. The SMILES string of the molecule is CO[C@H]1[C@H](O)[C@@H](O[C@H]2CC[C@@]3(C)C(=CC[C@@H]4[C@@H]3CC[C@@]3(C)[C@H]4CC[C@]3(O)[C@H](C)O)C2)O[C@@H](C)[C@@H]1O. The lowest BCUT2D eigenvalue weighted by Crippen LogP contribution is -2.59. The molecule has 0 aromatic carbocycles. The molecule has 0 unspecified atom stereocenters. The third-order valence-electron chi connectivity index (χ3n) is 11.3. The molecule has 0 spiro atoms. The Morgan fingerprint density at radius 3 is 2.46 bits per heavy atom. The van der Waals surface area contributed by atoms with Gasteiger partial charge >= 0.3 is 0 Å². The van der Waals surface area contributed by atoms with Gasteiger partial charge in [-0.05, 0) is 88.4 Å². The summed E-state index contributed by atoms with van der Waals surface area (Å²) in [7, 11) is 1.49. The molecule has 200 valence electrons. The lowest BCUT2D eigenvalue weighted by atomic mass is 9.46. The topological polar surface area (TPSA) is 109 Å². The fourth-order valence-corrected chi connectivity index (χ4v) is 9.06. The molecular formula is C28H46O7. The molecule has 0 aromatic rings. The number of fused-ring (bicyclic) bond motifs is 5. The van der Waals surface area contributed by atoms with Crippen LogP contribution in [-0.2, 0) is 14.2 Å². The average molecular weight is 495 g/mol. The van der Waals surface area contributed by atoms with Gasteiger partial charge in [0.05, 0.1) is 23.9 Å². The van der Waals surface area contributed by atoms with Crippen LogP contribution in [0.1, 0.15) is 79.1 Å². The van der Waals surface area contributed by atoms with Crippen molar-refractivity contribution in [2.75, 3.05) is 7.11 Å². The number of aliphatic hydroxyl groups excluding tert-OH is 3. The molecule has 4 aliphatic carbocycles. The van der Waals surface area contributed by atoms with Crippen LogP contribution in [0.15, 0.2) is 11.6 Å². The third kappa shape index (κ3) is 3.79. The van der Waals surface area contributed by atoms with E-state index in [0.717, 1.165) is 44.9 Å². The Morgan fingerprint density at radius 1 is 1.06 bits per heavy atom. The van der Waals surface area contributed by atoms with Crippen LogP contribution in [-0.4, -0.2) is 76.1 Å². The molecule has 0 amide bonds. The Labute approximate surface area is 209 Å². The van der Waals surface area contributed by atoms with Gasteiger partial charge in [-0.2, -0.15) is 0 Å². The molecule has 0 bridgehead atoms. The Kier molecular flexibility index (Phi) is 6.73. The zero-order chi connectivity index (χ0) is 25.3. The van der Waals surface area contributed by atoms with Crippen LogP contribution < -0.4 is 0 Å². The number of aliphatic hydroxyl groups is 4. The summed E-state index contributed by atoms with van der Waals surface area (Å²) in [5.74, 6) is 1.57. The minimum atomic E-state index is -1.03. The van der Waals surface area contributed by atoms with E-state index in [4.69, 9.17) is 14.2 Å². The summed E-state index contributed by atoms with van der Waals surface area (Å²) in [5, 5.41) is 42.9. The Hall–Kier alpha value is -0.540. The van der Waals surface area contributed by atoms with Crippen molar-refractivity contribution in [2.24, 2.45) is 28.6 Å². The van der Waals surface area contributed by atoms with Crippen LogP contribution in [0.25, 0.3) is 0 Å². The minimum Gasteiger partial charge on any atom is -0.390 e. The van der Waals surface area contributed by atoms with Gasteiger partial charge in [0.25, 0.3) is 0 Å². The molecule has 7 nitrogen and oxygen atoms in total. The van der Waals surface area contributed by atoms with Crippen molar-refractivity contribution in [3.8, 4) is 0 Å². The van der Waals surface area contributed by atoms with Crippen molar-refractivity contribution >= 4 is 0 Å². The van der Waals surface area contributed by atoms with Gasteiger partial charge < -0.3 is 34.6 Å². The van der Waals surface area contributed by atoms with E-state index in [2.05, 4.69) is 19.9 Å². The first kappa shape index (κ1) is 26.1. The van der Waals surface area contributed by atoms with E-state index in [-0.39, 0.29) is 16.9 Å². The van der Waals surface area contributed by atoms with Gasteiger partial charge in [-0.25, -0.2) is 0 Å². The summed E-state index contributed by atoms with van der Waals surface area (Å²) < 4.78 is 17.5. The lowest BCUT2D eigenvalue weighted by molar-refractivity contribution is -0.309. The first-order chi connectivity index (χ1) is 16.5. The molecule has 1 heterocycles. The summed E-state index contributed by atoms with van der Waals surface area (Å²) in [6.07, 6.45) is 5.29. The number of hydrogen-bond donors (Lipinski definition) is 4. The highest BCUT2D eigenvalue weighted by molar-refractivity contribution is 5.26. The van der Waals surface area contributed by atoms with Crippen molar-refractivity contribution < 1.29 is 34.6 Å². The molecular weight excluding hydrogens is 448 g/mol. The molecule has 35 heavy (non-hydrogen) atoms. The molecule has 7 heteroatoms. The summed E-state index contributed by atoms with van der Waals surface area (Å²) in [6.45, 7) is 8.18. The van der Waals surface area contributed by atoms with Crippen molar-refractivity contribution in [1.29, 1.82) is 0 Å². The van der Waals surface area contributed by atoms with Gasteiger partial charge in [-0.3, -0.25) is 0 Å². The van der Waals surface area contributed by atoms with Crippen LogP contribution in [0.2, 0.25) is 0 Å². The van der Waals surface area contributed by atoms with E-state index in [1.165, 1.54) is 12.7 Å². The number of rotatable bonds is 4. The smallest absolute Gasteiger partial charge is 0.186 e. The fourth-order valence-electron chi connectivity index (χ4n) is 9.06. The fraction of sp³-hybridized carbons (Fsp3) is 0.929. The van der Waals surface area contributed by atoms with Crippen LogP contribution in [0, 0.1) is 28.6 Å². The van der Waals surface area contributed by atoms with Gasteiger partial charge in [0.1, 0.15) is 18.3 Å². The molecule has 4 fully saturated rings. The predicted molar refractivity (Wildman–Crippen MR) is 130 cm³/mol. The Balaban J connectivity index is 1.30. The number of ether oxygens (including phenoxy) is 3. The molecule has 0 radical (unpaired) electrons. The van der Waals surface area contributed by atoms with Crippen molar-refractivity contribution in [1.82, 2.24) is 0 Å². The second-order valence-corrected chi connectivity index (χ2v) is 12.7. The van der Waals surface area contributed by atoms with Crippen molar-refractivity contribution in [3.05, 3.63) is 11.6 Å². The maximum atomic E-state index is 11.5. The zero-order valence-electron chi connectivity index (χ0n) is 22.0. The van der Waals surface area contributed by atoms with E-state index in [1.54, 1.807) is 13.8 Å². The second kappa shape index (κ2) is 9.04. The first-order valence-corrected chi connectivity index (χ1v) is 13.8. The highest BCUT2D eigenvalue weighted by Crippen LogP contribution is 2.67. The lowest BCUT2D eigenvalue weighted by Gasteiger charge is -2.59. The van der Waals surface area contributed by atoms with Gasteiger partial charge in [0, 0.05) is 12.5 Å². The quantitative estimate of drug-likeness (QED) is 0.445. The van der Waals surface area contributed by atoms with Gasteiger partial charge in [-0.15, -0.1) is 0 Å². The second-order valence-electron chi connectivity index (χ2n) is 12.7. The monoisotopic (exact) mass is 494 g/mol. The largest absolute Gasteiger partial charge is 0.390 e. The minimum absolute atomic E-state index is 0.0360. The standard InChI is InChI=1S/C28H46O7/c1-15-22(30)24(33-5)23(31)25(34-15)35-18-8-11-26(3)17(14-18)6-7-19-20(26)9-12-27(4)21(19)10-13-28(27,32)16(2)29/h6,15-16,18-25,29-32H,7-14H2,1-5H3/t15-,16-,18-,19+,20-,21-,22-,23-,24+,25+,26-,27-,28-/m0/s1. The summed E-state index contributed by atoms with van der Waals surface area (Å²) in [6, 6.07) is 0. The molecule has 3 saturated carbocycles. The zero-order valence-corrected chi connectivity index (χ0v) is 22.0. The molecule has 1 saturated heterocycles. The number of allylic oxidation sites excluding steroid dienone is 1. The van der Waals surface area contributed by atoms with Gasteiger partial charge in [0.15, 0.2) is 6.29 Å². The molecule has 5 rings (SSSR count). The molecule has 4 N–H and O–H groups in total. The first-order valence-electron chi connectivity index (χ1n) is 13.8. The van der Waals surface area contributed by atoms with Crippen LogP contribution in [0.3, 0.4) is 0 Å². The van der Waals surface area contributed by atoms with Crippen molar-refractivity contribution in [3.63, 3.8) is 0 Å². The summed E-state index contributed by atoms with van der Waals surface area (Å²) >= 11 is 0. The summed E-state index contributed by atoms with van der Waals surface area (Å²) in [5.41, 5.74) is 0.382. The van der Waals surface area contributed by atoms with E-state index < -0.39 is 42.4 Å². The molecule has 0 aromatic heterocycles. The van der Waals surface area contributed by atoms with Crippen LogP contribution in [0.4, 0.5) is 0 Å². The van der Waals surface area contributed by atoms with E-state index >= 15 is 0 Å². The molecule has 13 atom stereocenters. The molecule has 5 aliphatic rings.